The normalized spacial score (nSPS) is 11.8. The third-order valence-corrected chi connectivity index (χ3v) is 4.60. The Morgan fingerprint density at radius 2 is 1.78 bits per heavy atom. The molecule has 0 heterocycles. The zero-order valence-electron chi connectivity index (χ0n) is 12.6. The quantitative estimate of drug-likeness (QED) is 0.466. The summed E-state index contributed by atoms with van der Waals surface area (Å²) >= 11 is 0. The van der Waals surface area contributed by atoms with E-state index >= 15 is 0 Å². The molecule has 128 valence electrons. The summed E-state index contributed by atoms with van der Waals surface area (Å²) in [6.07, 6.45) is 1.16. The minimum absolute atomic E-state index is 0.119. The van der Waals surface area contributed by atoms with E-state index in [1.807, 2.05) is 6.07 Å². The minimum atomic E-state index is -3.57. The number of ether oxygens (including phenoxy) is 1. The summed E-state index contributed by atoms with van der Waals surface area (Å²) in [5, 5.41) is 8.66. The van der Waals surface area contributed by atoms with Crippen LogP contribution in [0.5, 0.6) is 5.75 Å². The fourth-order valence-electron chi connectivity index (χ4n) is 1.53. The van der Waals surface area contributed by atoms with Crippen molar-refractivity contribution in [3.05, 3.63) is 29.8 Å². The fraction of sp³-hybridized carbons (Fsp3) is 0.462. The lowest BCUT2D eigenvalue weighted by molar-refractivity contribution is 0.316. The van der Waals surface area contributed by atoms with Crippen LogP contribution in [0.15, 0.2) is 24.3 Å². The number of hydrogen-bond donors (Lipinski definition) is 1. The molecule has 0 aromatic heterocycles. The van der Waals surface area contributed by atoms with Crippen LogP contribution < -0.4 is 9.46 Å². The molecule has 0 aliphatic rings. The molecule has 8 nitrogen and oxygen atoms in total. The Kier molecular flexibility index (Phi) is 7.44. The van der Waals surface area contributed by atoms with Crippen LogP contribution >= 0.6 is 0 Å². The molecule has 0 bridgehead atoms. The molecule has 0 unspecified atom stereocenters. The van der Waals surface area contributed by atoms with Gasteiger partial charge in [0.1, 0.15) is 5.75 Å². The zero-order chi connectivity index (χ0) is 17.3. The van der Waals surface area contributed by atoms with E-state index < -0.39 is 20.1 Å². The zero-order valence-corrected chi connectivity index (χ0v) is 14.2. The first kappa shape index (κ1) is 19.4. The Labute approximate surface area is 136 Å². The van der Waals surface area contributed by atoms with Crippen molar-refractivity contribution in [1.29, 1.82) is 5.26 Å². The van der Waals surface area contributed by atoms with Crippen LogP contribution in [0.25, 0.3) is 0 Å². The van der Waals surface area contributed by atoms with E-state index in [2.05, 4.69) is 8.91 Å². The Morgan fingerprint density at radius 1 is 1.13 bits per heavy atom. The molecule has 0 radical (unpaired) electrons. The fourth-order valence-corrected chi connectivity index (χ4v) is 2.95. The van der Waals surface area contributed by atoms with Crippen molar-refractivity contribution in [3.63, 3.8) is 0 Å². The van der Waals surface area contributed by atoms with Crippen LogP contribution in [-0.2, 0) is 24.3 Å². The summed E-state index contributed by atoms with van der Waals surface area (Å²) in [6, 6.07) is 8.46. The summed E-state index contributed by atoms with van der Waals surface area (Å²) in [7, 11) is -7.09. The number of nitriles is 1. The van der Waals surface area contributed by atoms with Gasteiger partial charge in [0.05, 0.1) is 36.9 Å². The molecule has 0 fully saturated rings. The average molecular weight is 362 g/mol. The molecular formula is C13H18N2O6S2. The van der Waals surface area contributed by atoms with Crippen molar-refractivity contribution in [3.8, 4) is 11.8 Å². The van der Waals surface area contributed by atoms with Crippen molar-refractivity contribution in [2.24, 2.45) is 0 Å². The Balaban J connectivity index is 2.24. The van der Waals surface area contributed by atoms with Gasteiger partial charge in [-0.3, -0.25) is 4.18 Å². The molecule has 1 aromatic rings. The van der Waals surface area contributed by atoms with E-state index in [0.717, 1.165) is 6.26 Å². The lowest BCUT2D eigenvalue weighted by Crippen LogP contribution is -2.30. The van der Waals surface area contributed by atoms with Crippen LogP contribution in [0.3, 0.4) is 0 Å². The van der Waals surface area contributed by atoms with Gasteiger partial charge in [-0.25, -0.2) is 13.1 Å². The van der Waals surface area contributed by atoms with E-state index in [9.17, 15) is 16.8 Å². The average Bonchev–Trinajstić information content (AvgIpc) is 2.48. The Bertz CT molecular complexity index is 736. The van der Waals surface area contributed by atoms with Crippen molar-refractivity contribution in [2.75, 3.05) is 31.8 Å². The third-order valence-electron chi connectivity index (χ3n) is 2.53. The molecule has 1 rings (SSSR count). The maximum Gasteiger partial charge on any atom is 0.264 e. The molecule has 0 saturated carbocycles. The van der Waals surface area contributed by atoms with Crippen LogP contribution in [0.4, 0.5) is 0 Å². The van der Waals surface area contributed by atoms with Crippen molar-refractivity contribution in [2.45, 2.75) is 6.42 Å². The van der Waals surface area contributed by atoms with Gasteiger partial charge in [-0.1, -0.05) is 0 Å². The van der Waals surface area contributed by atoms with Crippen LogP contribution in [0.1, 0.15) is 12.0 Å². The van der Waals surface area contributed by atoms with Gasteiger partial charge in [0.15, 0.2) is 0 Å². The minimum Gasteiger partial charge on any atom is -0.494 e. The Morgan fingerprint density at radius 3 is 2.35 bits per heavy atom. The lowest BCUT2D eigenvalue weighted by atomic mass is 10.2. The van der Waals surface area contributed by atoms with Crippen molar-refractivity contribution >= 4 is 20.1 Å². The smallest absolute Gasteiger partial charge is 0.264 e. The summed E-state index contributed by atoms with van der Waals surface area (Å²) in [5.41, 5.74) is 0.514. The third kappa shape index (κ3) is 9.14. The Hall–Kier alpha value is -1.67. The second-order valence-electron chi connectivity index (χ2n) is 4.58. The summed E-state index contributed by atoms with van der Waals surface area (Å²) in [6.45, 7) is -0.168. The molecule has 0 atom stereocenters. The van der Waals surface area contributed by atoms with Gasteiger partial charge in [-0.2, -0.15) is 13.7 Å². The van der Waals surface area contributed by atoms with Gasteiger partial charge in [0, 0.05) is 6.54 Å². The number of nitrogens with one attached hydrogen (secondary N) is 1. The van der Waals surface area contributed by atoms with Gasteiger partial charge < -0.3 is 4.74 Å². The van der Waals surface area contributed by atoms with E-state index in [4.69, 9.17) is 10.00 Å². The standard InChI is InChI=1S/C13H18N2O6S2/c1-22(16,17)21-9-7-15-23(18,19)10-2-8-20-13-5-3-12(11-14)4-6-13/h3-6,15H,2,7-10H2,1H3. The number of nitrogens with zero attached hydrogens (tertiary/aromatic N) is 1. The molecule has 1 N–H and O–H groups in total. The van der Waals surface area contributed by atoms with Crippen molar-refractivity contribution in [1.82, 2.24) is 4.72 Å². The molecule has 10 heteroatoms. The summed E-state index contributed by atoms with van der Waals surface area (Å²) < 4.78 is 56.7. The molecular weight excluding hydrogens is 344 g/mol. The van der Waals surface area contributed by atoms with Gasteiger partial charge in [-0.05, 0) is 30.7 Å². The molecule has 0 aliphatic heterocycles. The van der Waals surface area contributed by atoms with E-state index in [1.165, 1.54) is 0 Å². The largest absolute Gasteiger partial charge is 0.494 e. The molecule has 1 aromatic carbocycles. The molecule has 0 spiro atoms. The molecule has 0 aliphatic carbocycles. The van der Waals surface area contributed by atoms with Gasteiger partial charge >= 0.3 is 0 Å². The first-order valence-corrected chi connectivity index (χ1v) is 10.1. The van der Waals surface area contributed by atoms with Gasteiger partial charge in [0.25, 0.3) is 10.1 Å². The summed E-state index contributed by atoms with van der Waals surface area (Å²) in [4.78, 5) is 0. The van der Waals surface area contributed by atoms with Gasteiger partial charge in [0.2, 0.25) is 10.0 Å². The van der Waals surface area contributed by atoms with E-state index in [-0.39, 0.29) is 31.9 Å². The van der Waals surface area contributed by atoms with Crippen LogP contribution in [-0.4, -0.2) is 48.6 Å². The predicted molar refractivity (Wildman–Crippen MR) is 83.9 cm³/mol. The molecule has 0 amide bonds. The van der Waals surface area contributed by atoms with E-state index in [1.54, 1.807) is 24.3 Å². The van der Waals surface area contributed by atoms with E-state index in [0.29, 0.717) is 11.3 Å². The molecule has 23 heavy (non-hydrogen) atoms. The lowest BCUT2D eigenvalue weighted by Gasteiger charge is -2.08. The number of rotatable bonds is 10. The highest BCUT2D eigenvalue weighted by molar-refractivity contribution is 7.89. The SMILES string of the molecule is CS(=O)(=O)OCCNS(=O)(=O)CCCOc1ccc(C#N)cc1. The second kappa shape index (κ2) is 8.83. The number of benzene rings is 1. The number of hydrogen-bond acceptors (Lipinski definition) is 7. The van der Waals surface area contributed by atoms with Crippen molar-refractivity contribution < 1.29 is 25.8 Å². The monoisotopic (exact) mass is 362 g/mol. The van der Waals surface area contributed by atoms with Crippen LogP contribution in [0, 0.1) is 11.3 Å². The van der Waals surface area contributed by atoms with Gasteiger partial charge in [-0.15, -0.1) is 0 Å². The maximum absolute atomic E-state index is 11.6. The topological polar surface area (TPSA) is 123 Å². The second-order valence-corrected chi connectivity index (χ2v) is 8.15. The number of sulfonamides is 1. The first-order chi connectivity index (χ1) is 10.7. The summed E-state index contributed by atoms with van der Waals surface area (Å²) in [5.74, 6) is 0.401. The highest BCUT2D eigenvalue weighted by Gasteiger charge is 2.10. The first-order valence-electron chi connectivity index (χ1n) is 6.66. The maximum atomic E-state index is 11.6. The highest BCUT2D eigenvalue weighted by atomic mass is 32.2. The highest BCUT2D eigenvalue weighted by Crippen LogP contribution is 2.11. The molecule has 0 saturated heterocycles. The predicted octanol–water partition coefficient (Wildman–Crippen LogP) is 0.223. The van der Waals surface area contributed by atoms with Crippen LogP contribution in [0.2, 0.25) is 0 Å².